The molecule has 21 heavy (non-hydrogen) atoms. The Labute approximate surface area is 128 Å². The summed E-state index contributed by atoms with van der Waals surface area (Å²) < 4.78 is 42.0. The van der Waals surface area contributed by atoms with Gasteiger partial charge >= 0.3 is 0 Å². The van der Waals surface area contributed by atoms with Crippen LogP contribution in [0.25, 0.3) is 4.96 Å². The van der Waals surface area contributed by atoms with E-state index in [1.165, 1.54) is 34.1 Å². The molecule has 2 heterocycles. The number of rotatable bonds is 3. The molecule has 2 aromatic heterocycles. The summed E-state index contributed by atoms with van der Waals surface area (Å²) in [5, 5.41) is 1.36. The van der Waals surface area contributed by atoms with Crippen LogP contribution in [0.5, 0.6) is 0 Å². The first-order valence-corrected chi connectivity index (χ1v) is 8.32. The number of fused-ring (bicyclic) bond motifs is 1. The molecule has 0 radical (unpaired) electrons. The van der Waals surface area contributed by atoms with E-state index in [4.69, 9.17) is 17.3 Å². The number of hydrogen-bond acceptors (Lipinski definition) is 5. The number of imidazole rings is 1. The van der Waals surface area contributed by atoms with Gasteiger partial charge in [0.2, 0.25) is 5.03 Å². The number of sulfonamides is 1. The second kappa shape index (κ2) is 4.86. The smallest absolute Gasteiger partial charge is 0.281 e. The number of anilines is 2. The number of nitrogens with one attached hydrogen (secondary N) is 1. The minimum atomic E-state index is -4.13. The van der Waals surface area contributed by atoms with Crippen molar-refractivity contribution in [2.45, 2.75) is 5.03 Å². The summed E-state index contributed by atoms with van der Waals surface area (Å²) >= 11 is 7.05. The van der Waals surface area contributed by atoms with Crippen molar-refractivity contribution >= 4 is 49.4 Å². The Kier molecular flexibility index (Phi) is 3.27. The number of nitrogens with two attached hydrogens (primary N) is 1. The standard InChI is InChI=1S/C11H8ClFN4O2S2/c12-6-2-1-3-7(13)8(6)16-21(18,19)10-9(14)15-11-17(10)4-5-20-11/h1-5,16H,14H2. The van der Waals surface area contributed by atoms with E-state index >= 15 is 0 Å². The minimum Gasteiger partial charge on any atom is -0.381 e. The van der Waals surface area contributed by atoms with E-state index in [9.17, 15) is 12.8 Å². The molecule has 0 aliphatic heterocycles. The normalized spacial score (nSPS) is 11.9. The maximum atomic E-state index is 13.7. The van der Waals surface area contributed by atoms with E-state index in [-0.39, 0.29) is 21.6 Å². The zero-order valence-electron chi connectivity index (χ0n) is 10.2. The molecule has 0 fully saturated rings. The average molecular weight is 347 g/mol. The predicted octanol–water partition coefficient (Wildman–Crippen LogP) is 2.57. The summed E-state index contributed by atoms with van der Waals surface area (Å²) in [5.41, 5.74) is 5.31. The molecule has 1 aromatic carbocycles. The number of benzene rings is 1. The van der Waals surface area contributed by atoms with E-state index in [2.05, 4.69) is 9.71 Å². The molecule has 0 unspecified atom stereocenters. The number of hydrogen-bond donors (Lipinski definition) is 2. The van der Waals surface area contributed by atoms with E-state index in [0.29, 0.717) is 4.96 Å². The highest BCUT2D eigenvalue weighted by Gasteiger charge is 2.26. The van der Waals surface area contributed by atoms with Crippen LogP contribution < -0.4 is 10.5 Å². The molecule has 0 aliphatic carbocycles. The number of aromatic nitrogens is 2. The first-order valence-electron chi connectivity index (χ1n) is 5.58. The van der Waals surface area contributed by atoms with Gasteiger partial charge in [0.15, 0.2) is 10.8 Å². The molecule has 3 rings (SSSR count). The first kappa shape index (κ1) is 14.1. The van der Waals surface area contributed by atoms with Gasteiger partial charge in [-0.05, 0) is 12.1 Å². The molecule has 0 atom stereocenters. The summed E-state index contributed by atoms with van der Waals surface area (Å²) in [6.07, 6.45) is 1.51. The molecular formula is C11H8ClFN4O2S2. The third kappa shape index (κ3) is 2.33. The highest BCUT2D eigenvalue weighted by molar-refractivity contribution is 7.92. The molecule has 10 heteroatoms. The van der Waals surface area contributed by atoms with E-state index < -0.39 is 15.8 Å². The SMILES string of the molecule is Nc1nc2sccn2c1S(=O)(=O)Nc1c(F)cccc1Cl. The second-order valence-electron chi connectivity index (χ2n) is 4.06. The third-order valence-electron chi connectivity index (χ3n) is 2.70. The molecule has 0 saturated carbocycles. The quantitative estimate of drug-likeness (QED) is 0.762. The van der Waals surface area contributed by atoms with Gasteiger partial charge in [-0.15, -0.1) is 11.3 Å². The van der Waals surface area contributed by atoms with Crippen molar-refractivity contribution in [1.82, 2.24) is 9.38 Å². The Morgan fingerprint density at radius 3 is 2.90 bits per heavy atom. The number of thiazole rings is 1. The lowest BCUT2D eigenvalue weighted by molar-refractivity contribution is 0.595. The Balaban J connectivity index is 2.13. The van der Waals surface area contributed by atoms with Gasteiger partial charge in [0.1, 0.15) is 11.5 Å². The van der Waals surface area contributed by atoms with Crippen LogP contribution in [0.15, 0.2) is 34.8 Å². The van der Waals surface area contributed by atoms with Crippen LogP contribution in [0.1, 0.15) is 0 Å². The molecule has 0 spiro atoms. The zero-order valence-corrected chi connectivity index (χ0v) is 12.6. The fourth-order valence-electron chi connectivity index (χ4n) is 1.83. The monoisotopic (exact) mass is 346 g/mol. The molecule has 0 bridgehead atoms. The van der Waals surface area contributed by atoms with Crippen LogP contribution >= 0.6 is 22.9 Å². The van der Waals surface area contributed by atoms with Crippen LogP contribution in [0.2, 0.25) is 5.02 Å². The van der Waals surface area contributed by atoms with Crippen LogP contribution in [0.3, 0.4) is 0 Å². The summed E-state index contributed by atoms with van der Waals surface area (Å²) in [5.74, 6) is -0.947. The van der Waals surface area contributed by atoms with Crippen molar-refractivity contribution in [3.63, 3.8) is 0 Å². The Morgan fingerprint density at radius 1 is 1.43 bits per heavy atom. The molecule has 110 valence electrons. The summed E-state index contributed by atoms with van der Waals surface area (Å²) in [7, 11) is -4.13. The molecule has 3 aromatic rings. The van der Waals surface area contributed by atoms with E-state index in [1.807, 2.05) is 0 Å². The topological polar surface area (TPSA) is 89.5 Å². The van der Waals surface area contributed by atoms with Gasteiger partial charge in [0, 0.05) is 11.6 Å². The van der Waals surface area contributed by atoms with Gasteiger partial charge in [-0.3, -0.25) is 9.12 Å². The molecular weight excluding hydrogens is 339 g/mol. The Bertz CT molecular complexity index is 915. The van der Waals surface area contributed by atoms with E-state index in [0.717, 1.165) is 6.07 Å². The van der Waals surface area contributed by atoms with Gasteiger partial charge in [-0.2, -0.15) is 8.42 Å². The maximum absolute atomic E-state index is 13.7. The van der Waals surface area contributed by atoms with Crippen LogP contribution in [-0.4, -0.2) is 17.8 Å². The number of para-hydroxylation sites is 1. The van der Waals surface area contributed by atoms with E-state index in [1.54, 1.807) is 5.38 Å². The Morgan fingerprint density at radius 2 is 2.19 bits per heavy atom. The summed E-state index contributed by atoms with van der Waals surface area (Å²) in [6.45, 7) is 0. The van der Waals surface area contributed by atoms with Gasteiger partial charge < -0.3 is 5.73 Å². The summed E-state index contributed by atoms with van der Waals surface area (Å²) in [6, 6.07) is 3.85. The molecule has 3 N–H and O–H groups in total. The average Bonchev–Trinajstić information content (AvgIpc) is 2.93. The lowest BCUT2D eigenvalue weighted by Gasteiger charge is -2.10. The van der Waals surface area contributed by atoms with Crippen molar-refractivity contribution in [1.29, 1.82) is 0 Å². The fraction of sp³-hybridized carbons (Fsp3) is 0. The van der Waals surface area contributed by atoms with Crippen molar-refractivity contribution in [2.75, 3.05) is 10.5 Å². The van der Waals surface area contributed by atoms with Gasteiger partial charge in [0.25, 0.3) is 10.0 Å². The minimum absolute atomic E-state index is 0.0526. The second-order valence-corrected chi connectivity index (χ2v) is 6.94. The predicted molar refractivity (Wildman–Crippen MR) is 79.7 cm³/mol. The fourth-order valence-corrected chi connectivity index (χ4v) is 4.17. The third-order valence-corrected chi connectivity index (χ3v) is 5.16. The van der Waals surface area contributed by atoms with Crippen LogP contribution in [0, 0.1) is 5.82 Å². The zero-order chi connectivity index (χ0) is 15.2. The molecule has 6 nitrogen and oxygen atoms in total. The number of halogens is 2. The molecule has 0 amide bonds. The van der Waals surface area contributed by atoms with Gasteiger partial charge in [-0.25, -0.2) is 9.37 Å². The van der Waals surface area contributed by atoms with Crippen LogP contribution in [-0.2, 0) is 10.0 Å². The van der Waals surface area contributed by atoms with Crippen molar-refractivity contribution < 1.29 is 12.8 Å². The lowest BCUT2D eigenvalue weighted by atomic mass is 10.3. The highest BCUT2D eigenvalue weighted by Crippen LogP contribution is 2.30. The maximum Gasteiger partial charge on any atom is 0.281 e. The lowest BCUT2D eigenvalue weighted by Crippen LogP contribution is -2.17. The van der Waals surface area contributed by atoms with Gasteiger partial charge in [0.05, 0.1) is 5.02 Å². The van der Waals surface area contributed by atoms with Crippen molar-refractivity contribution in [3.8, 4) is 0 Å². The van der Waals surface area contributed by atoms with Crippen LogP contribution in [0.4, 0.5) is 15.9 Å². The summed E-state index contributed by atoms with van der Waals surface area (Å²) in [4.78, 5) is 4.36. The molecule has 0 saturated heterocycles. The number of nitrogens with zero attached hydrogens (tertiary/aromatic N) is 2. The molecule has 0 aliphatic rings. The van der Waals surface area contributed by atoms with Crippen molar-refractivity contribution in [3.05, 3.63) is 40.6 Å². The van der Waals surface area contributed by atoms with Crippen molar-refractivity contribution in [2.24, 2.45) is 0 Å². The highest BCUT2D eigenvalue weighted by atomic mass is 35.5. The largest absolute Gasteiger partial charge is 0.381 e. The first-order chi connectivity index (χ1) is 9.90. The Hall–Kier alpha value is -1.84. The van der Waals surface area contributed by atoms with Gasteiger partial charge in [-0.1, -0.05) is 17.7 Å². The number of nitrogen functional groups attached to an aromatic ring is 1.